The van der Waals surface area contributed by atoms with Gasteiger partial charge in [-0.15, -0.1) is 11.3 Å². The minimum atomic E-state index is -3.73. The van der Waals surface area contributed by atoms with Crippen molar-refractivity contribution in [3.63, 3.8) is 0 Å². The quantitative estimate of drug-likeness (QED) is 0.228. The Kier molecular flexibility index (Phi) is 9.79. The third kappa shape index (κ3) is 7.28. The van der Waals surface area contributed by atoms with Crippen LogP contribution < -0.4 is 10.6 Å². The first-order valence-corrected chi connectivity index (χ1v) is 17.7. The van der Waals surface area contributed by atoms with Gasteiger partial charge < -0.3 is 30.0 Å². The molecular formula is C28H43N7O4S3. The molecule has 2 aliphatic rings. The molecule has 232 valence electrons. The van der Waals surface area contributed by atoms with Crippen molar-refractivity contribution in [2.75, 3.05) is 63.5 Å². The normalized spacial score (nSPS) is 18.5. The van der Waals surface area contributed by atoms with Gasteiger partial charge in [-0.25, -0.2) is 8.42 Å². The molecule has 0 aliphatic carbocycles. The van der Waals surface area contributed by atoms with Crippen LogP contribution in [-0.4, -0.2) is 89.2 Å². The molecule has 5 rings (SSSR count). The van der Waals surface area contributed by atoms with Crippen molar-refractivity contribution in [3.05, 3.63) is 29.0 Å². The van der Waals surface area contributed by atoms with Gasteiger partial charge in [-0.3, -0.25) is 0 Å². The van der Waals surface area contributed by atoms with E-state index in [0.29, 0.717) is 24.7 Å². The van der Waals surface area contributed by atoms with Gasteiger partial charge in [0.2, 0.25) is 0 Å². The van der Waals surface area contributed by atoms with Crippen LogP contribution in [0.1, 0.15) is 63.8 Å². The summed E-state index contributed by atoms with van der Waals surface area (Å²) in [4.78, 5) is 4.94. The van der Waals surface area contributed by atoms with E-state index in [1.54, 1.807) is 5.38 Å². The number of hydrogen-bond acceptors (Lipinski definition) is 12. The number of aromatic nitrogens is 2. The lowest BCUT2D eigenvalue weighted by Crippen LogP contribution is -2.44. The van der Waals surface area contributed by atoms with Gasteiger partial charge in [-0.1, -0.05) is 20.8 Å². The van der Waals surface area contributed by atoms with Crippen molar-refractivity contribution < 1.29 is 17.9 Å². The number of nitrogens with one attached hydrogen (secondary N) is 2. The van der Waals surface area contributed by atoms with Gasteiger partial charge in [0.25, 0.3) is 10.0 Å². The Morgan fingerprint density at radius 1 is 1.07 bits per heavy atom. The molecule has 11 nitrogen and oxygen atoms in total. The molecule has 0 aromatic carbocycles. The van der Waals surface area contributed by atoms with E-state index in [0.717, 1.165) is 87.2 Å². The van der Waals surface area contributed by atoms with Crippen molar-refractivity contribution in [1.29, 1.82) is 0 Å². The predicted molar refractivity (Wildman–Crippen MR) is 169 cm³/mol. The minimum absolute atomic E-state index is 0.0520. The highest BCUT2D eigenvalue weighted by Gasteiger charge is 2.33. The largest absolute Gasteiger partial charge is 0.504 e. The van der Waals surface area contributed by atoms with E-state index in [-0.39, 0.29) is 27.1 Å². The number of anilines is 3. The Morgan fingerprint density at radius 2 is 1.79 bits per heavy atom. The lowest BCUT2D eigenvalue weighted by atomic mass is 9.85. The highest BCUT2D eigenvalue weighted by Crippen LogP contribution is 2.43. The summed E-state index contributed by atoms with van der Waals surface area (Å²) < 4.78 is 42.3. The SMILES string of the molecule is CN1CCN(CCCCc2coc([C@H](Nc3nsnc3Nc3csc(S(=O)(=O)N4CCCC4)c3O)C(C)(C)C)c2)CC1. The Bertz CT molecular complexity index is 1410. The molecule has 1 atom stereocenters. The van der Waals surface area contributed by atoms with Gasteiger partial charge in [-0.2, -0.15) is 13.1 Å². The van der Waals surface area contributed by atoms with E-state index in [2.05, 4.69) is 63.1 Å². The van der Waals surface area contributed by atoms with Crippen LogP contribution in [0.15, 0.2) is 26.3 Å². The number of piperazine rings is 1. The fraction of sp³-hybridized carbons (Fsp3) is 0.643. The summed E-state index contributed by atoms with van der Waals surface area (Å²) in [6.45, 7) is 13.1. The Labute approximate surface area is 257 Å². The number of likely N-dealkylation sites (N-methyl/N-ethyl adjacent to an activating group) is 1. The van der Waals surface area contributed by atoms with Crippen LogP contribution in [0, 0.1) is 5.41 Å². The van der Waals surface area contributed by atoms with Crippen LogP contribution >= 0.6 is 23.1 Å². The summed E-state index contributed by atoms with van der Waals surface area (Å²) >= 11 is 2.04. The summed E-state index contributed by atoms with van der Waals surface area (Å²) in [6, 6.07) is 1.94. The molecular weight excluding hydrogens is 595 g/mol. The second-order valence-corrected chi connectivity index (χ2v) is 15.9. The molecule has 0 unspecified atom stereocenters. The molecule has 5 heterocycles. The van der Waals surface area contributed by atoms with Crippen LogP contribution in [0.3, 0.4) is 0 Å². The molecule has 3 aromatic heterocycles. The number of unbranched alkanes of at least 4 members (excludes halogenated alkanes) is 1. The summed E-state index contributed by atoms with van der Waals surface area (Å²) in [7, 11) is -1.54. The van der Waals surface area contributed by atoms with E-state index >= 15 is 0 Å². The Morgan fingerprint density at radius 3 is 2.50 bits per heavy atom. The standard InChI is InChI=1S/C28H43N7O4S3/c1-28(2,3)24(22-17-20(18-39-22)9-5-6-10-34-15-13-33(4)14-16-34)30-26-25(31-41-32-26)29-21-19-40-27(23(21)36)42(37,38)35-11-7-8-12-35/h17-19,24,36H,5-16H2,1-4H3,(H,29,31)(H,30,32)/t24-/m0/s1. The highest BCUT2D eigenvalue weighted by atomic mass is 32.2. The molecule has 2 fully saturated rings. The van der Waals surface area contributed by atoms with E-state index in [9.17, 15) is 13.5 Å². The molecule has 0 saturated carbocycles. The molecule has 0 bridgehead atoms. The monoisotopic (exact) mass is 637 g/mol. The molecule has 42 heavy (non-hydrogen) atoms. The number of rotatable bonds is 12. The van der Waals surface area contributed by atoms with Gasteiger partial charge in [0.05, 0.1) is 29.7 Å². The second-order valence-electron chi connectivity index (χ2n) is 12.4. The van der Waals surface area contributed by atoms with Gasteiger partial charge >= 0.3 is 0 Å². The third-order valence-corrected chi connectivity index (χ3v) is 11.9. The first-order chi connectivity index (χ1) is 20.0. The third-order valence-electron chi connectivity index (χ3n) is 8.00. The van der Waals surface area contributed by atoms with Crippen LogP contribution in [0.2, 0.25) is 0 Å². The number of aryl methyl sites for hydroxylation is 1. The predicted octanol–water partition coefficient (Wildman–Crippen LogP) is 5.20. The molecule has 3 aromatic rings. The summed E-state index contributed by atoms with van der Waals surface area (Å²) in [5, 5.41) is 19.0. The van der Waals surface area contributed by atoms with Crippen LogP contribution in [0.4, 0.5) is 17.3 Å². The highest BCUT2D eigenvalue weighted by molar-refractivity contribution is 7.91. The number of hydrogen-bond donors (Lipinski definition) is 3. The van der Waals surface area contributed by atoms with Crippen molar-refractivity contribution in [2.45, 2.75) is 63.1 Å². The molecule has 2 saturated heterocycles. The smallest absolute Gasteiger partial charge is 0.256 e. The fourth-order valence-corrected chi connectivity index (χ4v) is 8.78. The Balaban J connectivity index is 1.22. The second kappa shape index (κ2) is 13.2. The van der Waals surface area contributed by atoms with Gasteiger partial charge in [0.1, 0.15) is 5.76 Å². The van der Waals surface area contributed by atoms with Crippen molar-refractivity contribution in [1.82, 2.24) is 22.9 Å². The van der Waals surface area contributed by atoms with E-state index in [1.807, 2.05) is 6.26 Å². The lowest BCUT2D eigenvalue weighted by molar-refractivity contribution is 0.152. The minimum Gasteiger partial charge on any atom is -0.504 e. The summed E-state index contributed by atoms with van der Waals surface area (Å²) in [6.07, 6.45) is 6.77. The zero-order chi connectivity index (χ0) is 29.9. The molecule has 3 N–H and O–H groups in total. The van der Waals surface area contributed by atoms with Crippen LogP contribution in [0.25, 0.3) is 0 Å². The number of nitrogens with zero attached hydrogens (tertiary/aromatic N) is 5. The van der Waals surface area contributed by atoms with Crippen molar-refractivity contribution >= 4 is 50.4 Å². The van der Waals surface area contributed by atoms with Gasteiger partial charge in [-0.05, 0) is 62.7 Å². The molecule has 0 radical (unpaired) electrons. The maximum atomic E-state index is 13.0. The van der Waals surface area contributed by atoms with E-state index in [1.165, 1.54) is 16.3 Å². The maximum Gasteiger partial charge on any atom is 0.256 e. The van der Waals surface area contributed by atoms with Crippen LogP contribution in [-0.2, 0) is 16.4 Å². The molecule has 14 heteroatoms. The number of furan rings is 1. The van der Waals surface area contributed by atoms with E-state index < -0.39 is 10.0 Å². The van der Waals surface area contributed by atoms with Crippen molar-refractivity contribution in [3.8, 4) is 5.75 Å². The average molecular weight is 638 g/mol. The molecule has 2 aliphatic heterocycles. The summed E-state index contributed by atoms with van der Waals surface area (Å²) in [5.74, 6) is 1.47. The lowest BCUT2D eigenvalue weighted by Gasteiger charge is -2.32. The zero-order valence-electron chi connectivity index (χ0n) is 24.9. The number of aromatic hydroxyl groups is 1. The zero-order valence-corrected chi connectivity index (χ0v) is 27.4. The van der Waals surface area contributed by atoms with Gasteiger partial charge in [0, 0.05) is 44.6 Å². The average Bonchev–Trinajstić information content (AvgIpc) is 3.75. The number of sulfonamides is 1. The first kappa shape index (κ1) is 31.2. The fourth-order valence-electron chi connectivity index (χ4n) is 5.41. The van der Waals surface area contributed by atoms with Gasteiger partial charge in [0.15, 0.2) is 21.6 Å². The number of thiophene rings is 1. The van der Waals surface area contributed by atoms with Crippen LogP contribution in [0.5, 0.6) is 5.75 Å². The summed E-state index contributed by atoms with van der Waals surface area (Å²) in [5.41, 5.74) is 1.26. The first-order valence-electron chi connectivity index (χ1n) is 14.7. The topological polar surface area (TPSA) is 127 Å². The maximum absolute atomic E-state index is 13.0. The Hall–Kier alpha value is -2.23. The van der Waals surface area contributed by atoms with E-state index in [4.69, 9.17) is 4.42 Å². The molecule has 0 spiro atoms. The van der Waals surface area contributed by atoms with Crippen molar-refractivity contribution in [2.24, 2.45) is 5.41 Å². The molecule has 0 amide bonds.